The largest absolute Gasteiger partial charge is 0.292 e. The van der Waals surface area contributed by atoms with E-state index in [0.29, 0.717) is 11.7 Å². The highest BCUT2D eigenvalue weighted by Gasteiger charge is 2.31. The molecule has 1 aliphatic rings. The number of unbranched alkanes of at least 4 members (excludes halogenated alkanes) is 8. The molecule has 0 N–H and O–H groups in total. The van der Waals surface area contributed by atoms with E-state index < -0.39 is 0 Å². The van der Waals surface area contributed by atoms with Crippen molar-refractivity contribution in [2.45, 2.75) is 71.1 Å². The number of rotatable bonds is 10. The molecule has 1 rings (SSSR count). The van der Waals surface area contributed by atoms with Crippen molar-refractivity contribution in [1.82, 2.24) is 9.80 Å². The van der Waals surface area contributed by atoms with Gasteiger partial charge in [0.15, 0.2) is 5.11 Å². The van der Waals surface area contributed by atoms with E-state index in [9.17, 15) is 9.59 Å². The van der Waals surface area contributed by atoms with E-state index in [0.717, 1.165) is 12.8 Å². The van der Waals surface area contributed by atoms with E-state index in [1.54, 1.807) is 11.9 Å². The van der Waals surface area contributed by atoms with Crippen molar-refractivity contribution >= 4 is 29.1 Å². The van der Waals surface area contributed by atoms with Crippen LogP contribution in [0.2, 0.25) is 0 Å². The van der Waals surface area contributed by atoms with Gasteiger partial charge < -0.3 is 0 Å². The van der Waals surface area contributed by atoms with E-state index in [1.807, 2.05) is 0 Å². The third-order valence-corrected chi connectivity index (χ3v) is 4.47. The molecule has 0 aromatic rings. The van der Waals surface area contributed by atoms with Gasteiger partial charge in [-0.1, -0.05) is 58.3 Å². The van der Waals surface area contributed by atoms with Crippen molar-refractivity contribution in [3.05, 3.63) is 0 Å². The average Bonchev–Trinajstić information content (AvgIpc) is 2.46. The molecular weight excluding hydrogens is 284 g/mol. The lowest BCUT2D eigenvalue weighted by Crippen LogP contribution is -2.53. The number of amides is 2. The average molecular weight is 312 g/mol. The summed E-state index contributed by atoms with van der Waals surface area (Å²) in [7, 11) is 1.64. The molecule has 5 heteroatoms. The minimum Gasteiger partial charge on any atom is -0.292 e. The van der Waals surface area contributed by atoms with Crippen molar-refractivity contribution in [1.29, 1.82) is 0 Å². The van der Waals surface area contributed by atoms with Gasteiger partial charge in [0.1, 0.15) is 6.42 Å². The number of carbonyl (C=O) groups is 2. The Morgan fingerprint density at radius 2 is 1.43 bits per heavy atom. The van der Waals surface area contributed by atoms with Crippen LogP contribution in [-0.2, 0) is 9.59 Å². The fourth-order valence-electron chi connectivity index (χ4n) is 2.54. The maximum Gasteiger partial charge on any atom is 0.238 e. The molecule has 0 spiro atoms. The summed E-state index contributed by atoms with van der Waals surface area (Å²) in [6.45, 7) is 2.88. The molecule has 0 aromatic heterocycles. The zero-order chi connectivity index (χ0) is 15.7. The van der Waals surface area contributed by atoms with Crippen LogP contribution in [0.4, 0.5) is 0 Å². The van der Waals surface area contributed by atoms with Crippen LogP contribution in [0.5, 0.6) is 0 Å². The fraction of sp³-hybridized carbons (Fsp3) is 0.812. The van der Waals surface area contributed by atoms with Crippen molar-refractivity contribution in [2.24, 2.45) is 0 Å². The van der Waals surface area contributed by atoms with Crippen LogP contribution in [-0.4, -0.2) is 40.3 Å². The molecular formula is C16H28N2O2S. The Morgan fingerprint density at radius 3 is 2.00 bits per heavy atom. The first-order chi connectivity index (χ1) is 10.1. The quantitative estimate of drug-likeness (QED) is 0.352. The standard InChI is InChI=1S/C16H28N2O2S/c1-3-4-5-6-7-8-9-10-11-12-18-15(20)13-14(19)17(2)16(18)21/h3-13H2,1-2H3. The van der Waals surface area contributed by atoms with Crippen LogP contribution in [0.1, 0.15) is 71.1 Å². The summed E-state index contributed by atoms with van der Waals surface area (Å²) < 4.78 is 0. The van der Waals surface area contributed by atoms with Gasteiger partial charge in [-0.05, 0) is 18.6 Å². The summed E-state index contributed by atoms with van der Waals surface area (Å²) >= 11 is 5.17. The van der Waals surface area contributed by atoms with Gasteiger partial charge in [-0.3, -0.25) is 19.4 Å². The minimum absolute atomic E-state index is 0.0476. The predicted molar refractivity (Wildman–Crippen MR) is 88.9 cm³/mol. The van der Waals surface area contributed by atoms with Crippen molar-refractivity contribution < 1.29 is 9.59 Å². The van der Waals surface area contributed by atoms with Crippen molar-refractivity contribution in [3.8, 4) is 0 Å². The molecule has 1 saturated heterocycles. The van der Waals surface area contributed by atoms with Gasteiger partial charge >= 0.3 is 0 Å². The lowest BCUT2D eigenvalue weighted by atomic mass is 10.1. The Morgan fingerprint density at radius 1 is 0.905 bits per heavy atom. The second-order valence-corrected chi connectivity index (χ2v) is 6.15. The van der Waals surface area contributed by atoms with Gasteiger partial charge in [0.05, 0.1) is 0 Å². The first kappa shape index (κ1) is 18.1. The number of hydrogen-bond donors (Lipinski definition) is 0. The summed E-state index contributed by atoms with van der Waals surface area (Å²) in [5.74, 6) is -0.351. The molecule has 120 valence electrons. The van der Waals surface area contributed by atoms with Gasteiger partial charge in [0, 0.05) is 13.6 Å². The maximum absolute atomic E-state index is 11.8. The molecule has 0 radical (unpaired) electrons. The van der Waals surface area contributed by atoms with E-state index in [1.165, 1.54) is 49.8 Å². The zero-order valence-electron chi connectivity index (χ0n) is 13.4. The highest BCUT2D eigenvalue weighted by molar-refractivity contribution is 7.80. The first-order valence-corrected chi connectivity index (χ1v) is 8.59. The normalized spacial score (nSPS) is 16.0. The molecule has 0 aliphatic carbocycles. The second kappa shape index (κ2) is 9.87. The van der Waals surface area contributed by atoms with E-state index in [2.05, 4.69) is 6.92 Å². The van der Waals surface area contributed by atoms with Crippen LogP contribution >= 0.6 is 12.2 Å². The molecule has 0 unspecified atom stereocenters. The number of carbonyl (C=O) groups excluding carboxylic acids is 2. The maximum atomic E-state index is 11.8. The van der Waals surface area contributed by atoms with Gasteiger partial charge in [-0.15, -0.1) is 0 Å². The third kappa shape index (κ3) is 6.12. The van der Waals surface area contributed by atoms with Crippen molar-refractivity contribution in [3.63, 3.8) is 0 Å². The molecule has 0 saturated carbocycles. The molecule has 2 amide bonds. The van der Waals surface area contributed by atoms with Crippen molar-refractivity contribution in [2.75, 3.05) is 13.6 Å². The van der Waals surface area contributed by atoms with Crippen LogP contribution in [0.25, 0.3) is 0 Å². The van der Waals surface area contributed by atoms with E-state index >= 15 is 0 Å². The molecule has 1 aliphatic heterocycles. The summed E-state index contributed by atoms with van der Waals surface area (Å²) in [5.41, 5.74) is 0. The smallest absolute Gasteiger partial charge is 0.238 e. The molecule has 0 aromatic carbocycles. The topological polar surface area (TPSA) is 40.6 Å². The van der Waals surface area contributed by atoms with Gasteiger partial charge in [0.2, 0.25) is 11.8 Å². The van der Waals surface area contributed by atoms with Gasteiger partial charge in [0.25, 0.3) is 0 Å². The summed E-state index contributed by atoms with van der Waals surface area (Å²) in [5, 5.41) is 0.357. The minimum atomic E-state index is -0.201. The summed E-state index contributed by atoms with van der Waals surface area (Å²) in [4.78, 5) is 26.3. The lowest BCUT2D eigenvalue weighted by Gasteiger charge is -2.33. The van der Waals surface area contributed by atoms with Crippen LogP contribution in [0, 0.1) is 0 Å². The molecule has 0 bridgehead atoms. The molecule has 1 heterocycles. The second-order valence-electron chi connectivity index (χ2n) is 5.79. The third-order valence-electron chi connectivity index (χ3n) is 3.98. The highest BCUT2D eigenvalue weighted by atomic mass is 32.1. The molecule has 1 fully saturated rings. The molecule has 0 atom stereocenters. The van der Waals surface area contributed by atoms with E-state index in [-0.39, 0.29) is 18.2 Å². The van der Waals surface area contributed by atoms with Crippen LogP contribution in [0.15, 0.2) is 0 Å². The monoisotopic (exact) mass is 312 g/mol. The first-order valence-electron chi connectivity index (χ1n) is 8.18. The lowest BCUT2D eigenvalue weighted by molar-refractivity contribution is -0.139. The Labute approximate surface area is 133 Å². The Bertz CT molecular complexity index is 371. The molecule has 21 heavy (non-hydrogen) atoms. The van der Waals surface area contributed by atoms with Crippen LogP contribution < -0.4 is 0 Å². The number of nitrogens with zero attached hydrogens (tertiary/aromatic N) is 2. The SMILES string of the molecule is CCCCCCCCCCCN1C(=O)CC(=O)N(C)C1=S. The van der Waals surface area contributed by atoms with Gasteiger partial charge in [-0.25, -0.2) is 0 Å². The molecule has 4 nitrogen and oxygen atoms in total. The predicted octanol–water partition coefficient (Wildman–Crippen LogP) is 3.49. The summed E-state index contributed by atoms with van der Waals surface area (Å²) in [6, 6.07) is 0. The Hall–Kier alpha value is -0.970. The number of hydrogen-bond acceptors (Lipinski definition) is 3. The highest BCUT2D eigenvalue weighted by Crippen LogP contribution is 2.14. The summed E-state index contributed by atoms with van der Waals surface area (Å²) in [6.07, 6.45) is 11.2. The Kier molecular flexibility index (Phi) is 8.50. The zero-order valence-corrected chi connectivity index (χ0v) is 14.2. The van der Waals surface area contributed by atoms with Gasteiger partial charge in [-0.2, -0.15) is 0 Å². The number of thiocarbonyl (C=S) groups is 1. The fourth-order valence-corrected chi connectivity index (χ4v) is 2.83. The Balaban J connectivity index is 2.11. The van der Waals surface area contributed by atoms with E-state index in [4.69, 9.17) is 12.2 Å². The van der Waals surface area contributed by atoms with Crippen LogP contribution in [0.3, 0.4) is 0 Å².